The van der Waals surface area contributed by atoms with Crippen LogP contribution in [0.5, 0.6) is 0 Å². The molecule has 0 aliphatic rings. The average molecular weight is 273 g/mol. The number of anilines is 1. The smallest absolute Gasteiger partial charge is 0.249 e. The van der Waals surface area contributed by atoms with Crippen molar-refractivity contribution in [3.63, 3.8) is 0 Å². The third-order valence-electron chi connectivity index (χ3n) is 2.55. The molecule has 0 aliphatic carbocycles. The standard InChI is InChI=1S/C12H11N5OS/c1-8-14-16-12(18-8)10-4-2-3-5-11(10)13-6-9-7-19-17-15-9/h2-5,7,13H,6H2,1H3. The second kappa shape index (κ2) is 5.15. The van der Waals surface area contributed by atoms with Crippen molar-refractivity contribution >= 4 is 17.2 Å². The van der Waals surface area contributed by atoms with Crippen LogP contribution in [0, 0.1) is 6.92 Å². The van der Waals surface area contributed by atoms with Gasteiger partial charge >= 0.3 is 0 Å². The van der Waals surface area contributed by atoms with Crippen LogP contribution in [-0.4, -0.2) is 19.8 Å². The van der Waals surface area contributed by atoms with Gasteiger partial charge in [0.2, 0.25) is 11.8 Å². The van der Waals surface area contributed by atoms with Gasteiger partial charge in [0, 0.05) is 18.0 Å². The molecule has 0 amide bonds. The Balaban J connectivity index is 1.85. The number of rotatable bonds is 4. The second-order valence-electron chi connectivity index (χ2n) is 3.92. The highest BCUT2D eigenvalue weighted by Gasteiger charge is 2.10. The van der Waals surface area contributed by atoms with Crippen molar-refractivity contribution in [2.24, 2.45) is 0 Å². The highest BCUT2D eigenvalue weighted by molar-refractivity contribution is 7.03. The summed E-state index contributed by atoms with van der Waals surface area (Å²) in [6, 6.07) is 7.79. The molecule has 1 aromatic carbocycles. The third kappa shape index (κ3) is 2.60. The summed E-state index contributed by atoms with van der Waals surface area (Å²) in [4.78, 5) is 0. The number of hydrogen-bond donors (Lipinski definition) is 1. The van der Waals surface area contributed by atoms with Crippen LogP contribution in [0.1, 0.15) is 11.6 Å². The number of nitrogens with zero attached hydrogens (tertiary/aromatic N) is 4. The lowest BCUT2D eigenvalue weighted by Gasteiger charge is -2.07. The number of para-hydroxylation sites is 1. The van der Waals surface area contributed by atoms with E-state index in [1.165, 1.54) is 11.5 Å². The fourth-order valence-corrected chi connectivity index (χ4v) is 2.13. The Morgan fingerprint density at radius 1 is 1.21 bits per heavy atom. The molecule has 2 heterocycles. The minimum absolute atomic E-state index is 0.511. The fraction of sp³-hybridized carbons (Fsp3) is 0.167. The molecule has 0 saturated carbocycles. The molecule has 0 unspecified atom stereocenters. The number of aromatic nitrogens is 4. The predicted octanol–water partition coefficient (Wildman–Crippen LogP) is 2.51. The molecule has 0 spiro atoms. The van der Waals surface area contributed by atoms with Crippen molar-refractivity contribution in [3.05, 3.63) is 41.2 Å². The van der Waals surface area contributed by atoms with Crippen molar-refractivity contribution in [1.82, 2.24) is 19.8 Å². The van der Waals surface area contributed by atoms with E-state index in [2.05, 4.69) is 25.1 Å². The molecule has 0 saturated heterocycles. The molecule has 7 heteroatoms. The summed E-state index contributed by atoms with van der Waals surface area (Å²) in [7, 11) is 0. The maximum Gasteiger partial charge on any atom is 0.249 e. The lowest BCUT2D eigenvalue weighted by molar-refractivity contribution is 0.533. The molecule has 1 N–H and O–H groups in total. The summed E-state index contributed by atoms with van der Waals surface area (Å²) >= 11 is 1.34. The number of hydrogen-bond acceptors (Lipinski definition) is 7. The monoisotopic (exact) mass is 273 g/mol. The molecule has 0 radical (unpaired) electrons. The second-order valence-corrected chi connectivity index (χ2v) is 4.53. The zero-order valence-electron chi connectivity index (χ0n) is 10.2. The molecule has 0 bridgehead atoms. The first kappa shape index (κ1) is 11.8. The first-order valence-electron chi connectivity index (χ1n) is 5.72. The van der Waals surface area contributed by atoms with E-state index in [0.29, 0.717) is 18.3 Å². The topological polar surface area (TPSA) is 76.7 Å². The Morgan fingerprint density at radius 3 is 2.84 bits per heavy atom. The number of benzene rings is 1. The fourth-order valence-electron chi connectivity index (χ4n) is 1.68. The van der Waals surface area contributed by atoms with Gasteiger partial charge in [-0.15, -0.1) is 15.3 Å². The Labute approximate surface area is 113 Å². The van der Waals surface area contributed by atoms with E-state index >= 15 is 0 Å². The van der Waals surface area contributed by atoms with Gasteiger partial charge < -0.3 is 9.73 Å². The molecule has 3 rings (SSSR count). The van der Waals surface area contributed by atoms with Gasteiger partial charge in [0.25, 0.3) is 0 Å². The minimum atomic E-state index is 0.511. The van der Waals surface area contributed by atoms with E-state index in [0.717, 1.165) is 16.9 Å². The van der Waals surface area contributed by atoms with Crippen LogP contribution < -0.4 is 5.32 Å². The van der Waals surface area contributed by atoms with Gasteiger partial charge in [-0.25, -0.2) is 0 Å². The van der Waals surface area contributed by atoms with Crippen molar-refractivity contribution in [2.75, 3.05) is 5.32 Å². The Morgan fingerprint density at radius 2 is 2.11 bits per heavy atom. The van der Waals surface area contributed by atoms with Crippen molar-refractivity contribution < 1.29 is 4.42 Å². The molecule has 3 aromatic rings. The molecule has 0 fully saturated rings. The average Bonchev–Trinajstić information content (AvgIpc) is 3.08. The Kier molecular flexibility index (Phi) is 3.20. The maximum absolute atomic E-state index is 5.46. The van der Waals surface area contributed by atoms with E-state index < -0.39 is 0 Å². The van der Waals surface area contributed by atoms with E-state index in [4.69, 9.17) is 4.42 Å². The molecular formula is C12H11N5OS. The van der Waals surface area contributed by atoms with Gasteiger partial charge in [0.15, 0.2) is 0 Å². The molecular weight excluding hydrogens is 262 g/mol. The van der Waals surface area contributed by atoms with Gasteiger partial charge in [-0.2, -0.15) is 0 Å². The van der Waals surface area contributed by atoms with Crippen molar-refractivity contribution in [1.29, 1.82) is 0 Å². The molecule has 0 aliphatic heterocycles. The number of aryl methyl sites for hydroxylation is 1. The SMILES string of the molecule is Cc1nnc(-c2ccccc2NCc2csnn2)o1. The van der Waals surface area contributed by atoms with Crippen LogP contribution in [0.2, 0.25) is 0 Å². The first-order chi connectivity index (χ1) is 9.33. The highest BCUT2D eigenvalue weighted by Crippen LogP contribution is 2.26. The van der Waals surface area contributed by atoms with Gasteiger partial charge in [-0.1, -0.05) is 16.6 Å². The Hall–Kier alpha value is -2.28. The minimum Gasteiger partial charge on any atom is -0.421 e. The first-order valence-corrected chi connectivity index (χ1v) is 6.56. The van der Waals surface area contributed by atoms with Crippen LogP contribution in [-0.2, 0) is 6.54 Å². The lowest BCUT2D eigenvalue weighted by Crippen LogP contribution is -2.01. The van der Waals surface area contributed by atoms with Crippen molar-refractivity contribution in [2.45, 2.75) is 13.5 Å². The third-order valence-corrected chi connectivity index (χ3v) is 3.10. The van der Waals surface area contributed by atoms with Crippen LogP contribution in [0.4, 0.5) is 5.69 Å². The molecule has 0 atom stereocenters. The van der Waals surface area contributed by atoms with Crippen LogP contribution >= 0.6 is 11.5 Å². The van der Waals surface area contributed by atoms with E-state index in [1.807, 2.05) is 29.6 Å². The normalized spacial score (nSPS) is 10.6. The predicted molar refractivity (Wildman–Crippen MR) is 71.7 cm³/mol. The van der Waals surface area contributed by atoms with E-state index in [1.54, 1.807) is 6.92 Å². The van der Waals surface area contributed by atoms with Crippen LogP contribution in [0.3, 0.4) is 0 Å². The molecule has 96 valence electrons. The lowest BCUT2D eigenvalue weighted by atomic mass is 10.1. The zero-order chi connectivity index (χ0) is 13.1. The summed E-state index contributed by atoms with van der Waals surface area (Å²) < 4.78 is 9.29. The van der Waals surface area contributed by atoms with Gasteiger partial charge in [0.1, 0.15) is 0 Å². The van der Waals surface area contributed by atoms with Crippen molar-refractivity contribution in [3.8, 4) is 11.5 Å². The zero-order valence-corrected chi connectivity index (χ0v) is 11.0. The summed E-state index contributed by atoms with van der Waals surface area (Å²) in [6.45, 7) is 2.38. The van der Waals surface area contributed by atoms with Gasteiger partial charge in [-0.3, -0.25) is 0 Å². The van der Waals surface area contributed by atoms with Crippen LogP contribution in [0.15, 0.2) is 34.1 Å². The molecule has 2 aromatic heterocycles. The van der Waals surface area contributed by atoms with Crippen LogP contribution in [0.25, 0.3) is 11.5 Å². The van der Waals surface area contributed by atoms with Gasteiger partial charge in [0.05, 0.1) is 17.8 Å². The summed E-state index contributed by atoms with van der Waals surface area (Å²) in [6.07, 6.45) is 0. The van der Waals surface area contributed by atoms with E-state index in [9.17, 15) is 0 Å². The Bertz CT molecular complexity index is 664. The molecule has 19 heavy (non-hydrogen) atoms. The maximum atomic E-state index is 5.46. The summed E-state index contributed by atoms with van der Waals surface area (Å²) in [5, 5.41) is 17.1. The highest BCUT2D eigenvalue weighted by atomic mass is 32.1. The largest absolute Gasteiger partial charge is 0.421 e. The number of nitrogens with one attached hydrogen (secondary N) is 1. The summed E-state index contributed by atoms with van der Waals surface area (Å²) in [5.41, 5.74) is 2.71. The quantitative estimate of drug-likeness (QED) is 0.787. The summed E-state index contributed by atoms with van der Waals surface area (Å²) in [5.74, 6) is 1.06. The molecule has 6 nitrogen and oxygen atoms in total. The van der Waals surface area contributed by atoms with E-state index in [-0.39, 0.29) is 0 Å². The van der Waals surface area contributed by atoms with Gasteiger partial charge in [-0.05, 0) is 23.7 Å².